The number of ether oxygens (including phenoxy) is 3. The summed E-state index contributed by atoms with van der Waals surface area (Å²) in [6, 6.07) is 15.4. The molecule has 1 atom stereocenters. The van der Waals surface area contributed by atoms with Crippen LogP contribution in [-0.2, 0) is 40.2 Å². The molecule has 1 amide bonds. The molecule has 0 saturated carbocycles. The smallest absolute Gasteiger partial charge is 0.304 e. The summed E-state index contributed by atoms with van der Waals surface area (Å²) < 4.78 is 41.7. The Kier molecular flexibility index (Phi) is 8.47. The van der Waals surface area contributed by atoms with Gasteiger partial charge >= 0.3 is 5.97 Å². The fraction of sp³-hybridized carbons (Fsp3) is 0.448. The third-order valence-corrected chi connectivity index (χ3v) is 7.27. The predicted molar refractivity (Wildman–Crippen MR) is 146 cm³/mol. The maximum atomic E-state index is 12.5. The third kappa shape index (κ3) is 7.67. The lowest BCUT2D eigenvalue weighted by Crippen LogP contribution is -2.52. The van der Waals surface area contributed by atoms with Crippen LogP contribution in [0.2, 0.25) is 0 Å². The minimum Gasteiger partial charge on any atom is -0.441 e. The summed E-state index contributed by atoms with van der Waals surface area (Å²) >= 11 is 0. The Morgan fingerprint density at radius 3 is 2.31 bits per heavy atom. The molecule has 2 saturated heterocycles. The van der Waals surface area contributed by atoms with Gasteiger partial charge in [0.15, 0.2) is 5.79 Å². The van der Waals surface area contributed by atoms with Crippen molar-refractivity contribution in [1.29, 1.82) is 0 Å². The highest BCUT2D eigenvalue weighted by atomic mass is 32.2. The van der Waals surface area contributed by atoms with E-state index in [-0.39, 0.29) is 25.2 Å². The molecule has 0 spiro atoms. The first-order valence-corrected chi connectivity index (χ1v) is 14.7. The van der Waals surface area contributed by atoms with E-state index in [0.717, 1.165) is 35.1 Å². The molecule has 10 heteroatoms. The third-order valence-electron chi connectivity index (χ3n) is 6.54. The van der Waals surface area contributed by atoms with Crippen molar-refractivity contribution in [2.45, 2.75) is 57.5 Å². The molecule has 2 heterocycles. The Bertz CT molecular complexity index is 1360. The summed E-state index contributed by atoms with van der Waals surface area (Å²) in [5, 5.41) is 0. The van der Waals surface area contributed by atoms with Gasteiger partial charge in [-0.05, 0) is 68.0 Å². The van der Waals surface area contributed by atoms with E-state index in [0.29, 0.717) is 19.4 Å². The highest BCUT2D eigenvalue weighted by Crippen LogP contribution is 2.39. The van der Waals surface area contributed by atoms with Gasteiger partial charge in [-0.3, -0.25) is 9.59 Å². The van der Waals surface area contributed by atoms with Gasteiger partial charge < -0.3 is 19.1 Å². The van der Waals surface area contributed by atoms with Crippen LogP contribution in [0.25, 0.3) is 0 Å². The monoisotopic (exact) mass is 554 g/mol. The number of aryl methyl sites for hydroxylation is 1. The van der Waals surface area contributed by atoms with E-state index in [1.807, 2.05) is 48.5 Å². The first-order valence-electron chi connectivity index (χ1n) is 12.8. The highest BCUT2D eigenvalue weighted by Gasteiger charge is 2.42. The Morgan fingerprint density at radius 2 is 1.74 bits per heavy atom. The van der Waals surface area contributed by atoms with E-state index in [2.05, 4.69) is 16.6 Å². The van der Waals surface area contributed by atoms with Crippen LogP contribution in [0.1, 0.15) is 56.3 Å². The molecule has 9 nitrogen and oxygen atoms in total. The second-order valence-electron chi connectivity index (χ2n) is 10.4. The molecule has 39 heavy (non-hydrogen) atoms. The lowest BCUT2D eigenvalue weighted by molar-refractivity contribution is -0.291. The Balaban J connectivity index is 1.40. The Labute approximate surface area is 229 Å². The Hall–Kier alpha value is -3.23. The molecule has 2 aliphatic heterocycles. The van der Waals surface area contributed by atoms with Crippen LogP contribution >= 0.6 is 0 Å². The summed E-state index contributed by atoms with van der Waals surface area (Å²) in [7, 11) is -3.18. The molecule has 0 aromatic heterocycles. The summed E-state index contributed by atoms with van der Waals surface area (Å²) in [6.45, 7) is 5.53. The van der Waals surface area contributed by atoms with Gasteiger partial charge in [-0.25, -0.2) is 13.1 Å². The first kappa shape index (κ1) is 28.8. The fourth-order valence-electron chi connectivity index (χ4n) is 4.45. The van der Waals surface area contributed by atoms with Crippen molar-refractivity contribution in [2.24, 2.45) is 0 Å². The van der Waals surface area contributed by atoms with Crippen molar-refractivity contribution in [1.82, 2.24) is 4.72 Å². The molecular weight excluding hydrogens is 520 g/mol. The van der Waals surface area contributed by atoms with Gasteiger partial charge in [-0.15, -0.1) is 0 Å². The van der Waals surface area contributed by atoms with Gasteiger partial charge in [-0.2, -0.15) is 0 Å². The molecule has 2 aromatic rings. The van der Waals surface area contributed by atoms with Crippen LogP contribution in [-0.4, -0.2) is 57.7 Å². The maximum absolute atomic E-state index is 12.5. The van der Waals surface area contributed by atoms with Crippen LogP contribution in [0.15, 0.2) is 48.5 Å². The summed E-state index contributed by atoms with van der Waals surface area (Å²) in [6.07, 6.45) is 2.99. The molecule has 4 rings (SSSR count). The number of β-lactam (4-membered cyclic amide) rings is 1. The number of sulfonamides is 1. The van der Waals surface area contributed by atoms with Gasteiger partial charge in [0.1, 0.15) is 13.2 Å². The van der Waals surface area contributed by atoms with Crippen molar-refractivity contribution in [3.05, 3.63) is 65.2 Å². The number of anilines is 1. The van der Waals surface area contributed by atoms with E-state index >= 15 is 0 Å². The molecular formula is C29H34N2O7S. The van der Waals surface area contributed by atoms with Crippen LogP contribution < -0.4 is 9.62 Å². The summed E-state index contributed by atoms with van der Waals surface area (Å²) in [5.74, 6) is 4.93. The first-order chi connectivity index (χ1) is 18.3. The van der Waals surface area contributed by atoms with Crippen molar-refractivity contribution in [2.75, 3.05) is 30.9 Å². The van der Waals surface area contributed by atoms with Crippen LogP contribution in [0.5, 0.6) is 0 Å². The lowest BCUT2D eigenvalue weighted by Gasteiger charge is -2.41. The van der Waals surface area contributed by atoms with E-state index in [9.17, 15) is 18.0 Å². The van der Waals surface area contributed by atoms with Crippen molar-refractivity contribution >= 4 is 27.6 Å². The average Bonchev–Trinajstić information content (AvgIpc) is 2.86. The predicted octanol–water partition coefficient (Wildman–Crippen LogP) is 3.08. The van der Waals surface area contributed by atoms with Gasteiger partial charge in [0.2, 0.25) is 21.5 Å². The number of carbonyl (C=O) groups is 2. The molecule has 2 aliphatic rings. The minimum absolute atomic E-state index is 0.0533. The average molecular weight is 555 g/mol. The molecule has 1 N–H and O–H groups in total. The van der Waals surface area contributed by atoms with Crippen molar-refractivity contribution in [3.8, 4) is 11.8 Å². The molecule has 0 radical (unpaired) electrons. The number of rotatable bonds is 8. The number of nitrogens with one attached hydrogen (secondary N) is 1. The number of benzene rings is 2. The zero-order chi connectivity index (χ0) is 28.3. The minimum atomic E-state index is -3.18. The van der Waals surface area contributed by atoms with Gasteiger partial charge in [0.05, 0.1) is 18.7 Å². The second-order valence-corrected chi connectivity index (χ2v) is 12.2. The maximum Gasteiger partial charge on any atom is 0.304 e. The largest absolute Gasteiger partial charge is 0.441 e. The van der Waals surface area contributed by atoms with E-state index in [1.165, 1.54) is 6.92 Å². The molecule has 0 bridgehead atoms. The zero-order valence-corrected chi connectivity index (χ0v) is 23.5. The van der Waals surface area contributed by atoms with Crippen LogP contribution in [0.3, 0.4) is 0 Å². The lowest BCUT2D eigenvalue weighted by atomic mass is 9.92. The van der Waals surface area contributed by atoms with E-state index in [1.54, 1.807) is 18.7 Å². The molecule has 2 aromatic carbocycles. The van der Waals surface area contributed by atoms with Gasteiger partial charge in [-0.1, -0.05) is 30.2 Å². The molecule has 2 fully saturated rings. The number of amides is 1. The van der Waals surface area contributed by atoms with Crippen molar-refractivity contribution in [3.63, 3.8) is 0 Å². The number of nitrogens with zero attached hydrogens (tertiary/aromatic N) is 1. The number of esters is 1. The Morgan fingerprint density at radius 1 is 1.10 bits per heavy atom. The number of hydrogen-bond donors (Lipinski definition) is 1. The normalized spacial score (nSPS) is 19.9. The SMILES string of the molecule is CC(=O)OC1(C#Cc2ccc(C3CC(=O)N3c3ccc(CCCNS(C)(=O)=O)cc3)cc2)COC(C)(C)OC1. The van der Waals surface area contributed by atoms with Crippen LogP contribution in [0.4, 0.5) is 5.69 Å². The molecule has 208 valence electrons. The second kappa shape index (κ2) is 11.5. The summed E-state index contributed by atoms with van der Waals surface area (Å²) in [4.78, 5) is 26.0. The van der Waals surface area contributed by atoms with E-state index < -0.39 is 27.4 Å². The standard InChI is InChI=1S/C29H34N2O7S/c1-21(32)38-29(19-36-28(2,3)37-20-29)16-15-23-7-11-24(12-8-23)26-18-27(33)31(26)25-13-9-22(10-14-25)6-5-17-30-39(4,34)35/h7-14,26,30H,5-6,17-20H2,1-4H3. The quantitative estimate of drug-likeness (QED) is 0.231. The number of carbonyl (C=O) groups excluding carboxylic acids is 2. The highest BCUT2D eigenvalue weighted by molar-refractivity contribution is 7.88. The van der Waals surface area contributed by atoms with Crippen molar-refractivity contribution < 1.29 is 32.2 Å². The van der Waals surface area contributed by atoms with Gasteiger partial charge in [0.25, 0.3) is 0 Å². The summed E-state index contributed by atoms with van der Waals surface area (Å²) in [5.41, 5.74) is 2.46. The topological polar surface area (TPSA) is 111 Å². The molecule has 1 unspecified atom stereocenters. The van der Waals surface area contributed by atoms with Crippen LogP contribution in [0, 0.1) is 11.8 Å². The number of hydrogen-bond acceptors (Lipinski definition) is 7. The van der Waals surface area contributed by atoms with Gasteiger partial charge in [0, 0.05) is 24.7 Å². The van der Waals surface area contributed by atoms with E-state index in [4.69, 9.17) is 14.2 Å². The fourth-order valence-corrected chi connectivity index (χ4v) is 4.97. The zero-order valence-electron chi connectivity index (χ0n) is 22.7. The molecule has 0 aliphatic carbocycles.